The van der Waals surface area contributed by atoms with Gasteiger partial charge in [-0.3, -0.25) is 0 Å². The van der Waals surface area contributed by atoms with Gasteiger partial charge in [0.1, 0.15) is 0 Å². The van der Waals surface area contributed by atoms with Crippen molar-refractivity contribution in [1.29, 1.82) is 0 Å². The Morgan fingerprint density at radius 1 is 1.57 bits per heavy atom. The summed E-state index contributed by atoms with van der Waals surface area (Å²) in [4.78, 5) is 10.9. The smallest absolute Gasteiger partial charge is 0.336 e. The first kappa shape index (κ1) is 8.55. The van der Waals surface area contributed by atoms with Crippen LogP contribution in [0.2, 0.25) is 0 Å². The fourth-order valence-electron chi connectivity index (χ4n) is 1.41. The zero-order valence-electron chi connectivity index (χ0n) is 7.44. The Morgan fingerprint density at radius 2 is 2.29 bits per heavy atom. The lowest BCUT2D eigenvalue weighted by molar-refractivity contribution is 0.0699. The molecule has 2 rings (SSSR count). The largest absolute Gasteiger partial charge is 0.478 e. The quantitative estimate of drug-likeness (QED) is 0.667. The standard InChI is InChI=1S/C9H8N2O3/c1-4-8-6(9(12)13)2-5(10)3-7(8)14-11-4/h2-3H,10H2,1H3,(H,12,13). The second-order valence-corrected chi connectivity index (χ2v) is 3.01. The Kier molecular flexibility index (Phi) is 1.67. The third-order valence-electron chi connectivity index (χ3n) is 2.00. The van der Waals surface area contributed by atoms with E-state index >= 15 is 0 Å². The van der Waals surface area contributed by atoms with Gasteiger partial charge in [0.2, 0.25) is 0 Å². The SMILES string of the molecule is Cc1noc2cc(N)cc(C(=O)O)c12. The number of nitrogen functional groups attached to an aromatic ring is 1. The normalized spacial score (nSPS) is 10.6. The first-order valence-electron chi connectivity index (χ1n) is 3.98. The molecule has 1 aromatic heterocycles. The molecule has 1 aromatic carbocycles. The van der Waals surface area contributed by atoms with E-state index in [1.165, 1.54) is 6.07 Å². The van der Waals surface area contributed by atoms with E-state index in [2.05, 4.69) is 5.16 Å². The summed E-state index contributed by atoms with van der Waals surface area (Å²) in [6.45, 7) is 1.69. The first-order valence-corrected chi connectivity index (χ1v) is 3.98. The summed E-state index contributed by atoms with van der Waals surface area (Å²) in [6, 6.07) is 2.96. The fourth-order valence-corrected chi connectivity index (χ4v) is 1.41. The Labute approximate surface area is 79.1 Å². The van der Waals surface area contributed by atoms with Crippen molar-refractivity contribution in [2.75, 3.05) is 5.73 Å². The number of carboxylic acid groups (broad SMARTS) is 1. The summed E-state index contributed by atoms with van der Waals surface area (Å²) in [7, 11) is 0. The number of anilines is 1. The molecule has 0 aliphatic rings. The summed E-state index contributed by atoms with van der Waals surface area (Å²) < 4.78 is 4.93. The lowest BCUT2D eigenvalue weighted by atomic mass is 10.1. The van der Waals surface area contributed by atoms with Crippen LogP contribution in [0.15, 0.2) is 16.7 Å². The highest BCUT2D eigenvalue weighted by Crippen LogP contribution is 2.25. The lowest BCUT2D eigenvalue weighted by Gasteiger charge is -1.98. The molecule has 72 valence electrons. The molecule has 2 aromatic rings. The van der Waals surface area contributed by atoms with Gasteiger partial charge in [0, 0.05) is 11.8 Å². The highest BCUT2D eigenvalue weighted by atomic mass is 16.5. The van der Waals surface area contributed by atoms with Crippen molar-refractivity contribution in [3.05, 3.63) is 23.4 Å². The number of carbonyl (C=O) groups is 1. The summed E-state index contributed by atoms with van der Waals surface area (Å²) >= 11 is 0. The number of hydrogen-bond acceptors (Lipinski definition) is 4. The molecule has 0 aliphatic carbocycles. The maximum Gasteiger partial charge on any atom is 0.336 e. The number of rotatable bonds is 1. The van der Waals surface area contributed by atoms with E-state index in [9.17, 15) is 4.79 Å². The number of aryl methyl sites for hydroxylation is 1. The van der Waals surface area contributed by atoms with Crippen LogP contribution in [0.5, 0.6) is 0 Å². The molecule has 0 aliphatic heterocycles. The maximum absolute atomic E-state index is 10.9. The van der Waals surface area contributed by atoms with Gasteiger partial charge in [0.15, 0.2) is 5.58 Å². The van der Waals surface area contributed by atoms with Crippen LogP contribution >= 0.6 is 0 Å². The number of nitrogens with zero attached hydrogens (tertiary/aromatic N) is 1. The summed E-state index contributed by atoms with van der Waals surface area (Å²) in [5.41, 5.74) is 6.95. The molecule has 0 saturated heterocycles. The average molecular weight is 192 g/mol. The second kappa shape index (κ2) is 2.73. The molecular weight excluding hydrogens is 184 g/mol. The van der Waals surface area contributed by atoms with Crippen molar-refractivity contribution in [3.8, 4) is 0 Å². The fraction of sp³-hybridized carbons (Fsp3) is 0.111. The van der Waals surface area contributed by atoms with Crippen LogP contribution in [0.1, 0.15) is 16.1 Å². The molecule has 3 N–H and O–H groups in total. The monoisotopic (exact) mass is 192 g/mol. The second-order valence-electron chi connectivity index (χ2n) is 3.01. The number of carboxylic acids is 1. The number of aromatic nitrogens is 1. The van der Waals surface area contributed by atoms with Crippen LogP contribution in [0, 0.1) is 6.92 Å². The van der Waals surface area contributed by atoms with Gasteiger partial charge in [0.05, 0.1) is 16.6 Å². The minimum absolute atomic E-state index is 0.124. The highest BCUT2D eigenvalue weighted by Gasteiger charge is 2.15. The van der Waals surface area contributed by atoms with E-state index in [1.54, 1.807) is 13.0 Å². The number of fused-ring (bicyclic) bond motifs is 1. The van der Waals surface area contributed by atoms with Crippen LogP contribution in [0.4, 0.5) is 5.69 Å². The third-order valence-corrected chi connectivity index (χ3v) is 2.00. The van der Waals surface area contributed by atoms with Crippen LogP contribution in [0.3, 0.4) is 0 Å². The Bertz CT molecular complexity index is 516. The third kappa shape index (κ3) is 1.10. The van der Waals surface area contributed by atoms with Crippen LogP contribution < -0.4 is 5.73 Å². The van der Waals surface area contributed by atoms with E-state index in [0.717, 1.165) is 0 Å². The molecule has 0 atom stereocenters. The van der Waals surface area contributed by atoms with Crippen molar-refractivity contribution in [1.82, 2.24) is 5.16 Å². The Morgan fingerprint density at radius 3 is 2.93 bits per heavy atom. The summed E-state index contributed by atoms with van der Waals surface area (Å²) in [5, 5.41) is 13.1. The van der Waals surface area contributed by atoms with Gasteiger partial charge in [-0.15, -0.1) is 0 Å². The van der Waals surface area contributed by atoms with E-state index in [1.807, 2.05) is 0 Å². The van der Waals surface area contributed by atoms with Gasteiger partial charge in [-0.1, -0.05) is 5.16 Å². The molecule has 0 spiro atoms. The molecule has 0 saturated carbocycles. The van der Waals surface area contributed by atoms with Crippen molar-refractivity contribution in [3.63, 3.8) is 0 Å². The van der Waals surface area contributed by atoms with E-state index < -0.39 is 5.97 Å². The Balaban J connectivity index is 2.90. The van der Waals surface area contributed by atoms with Crippen molar-refractivity contribution >= 4 is 22.6 Å². The molecule has 0 fully saturated rings. The average Bonchev–Trinajstić information content (AvgIpc) is 2.46. The van der Waals surface area contributed by atoms with Gasteiger partial charge in [0.25, 0.3) is 0 Å². The van der Waals surface area contributed by atoms with Crippen molar-refractivity contribution in [2.45, 2.75) is 6.92 Å². The molecule has 0 bridgehead atoms. The minimum atomic E-state index is -1.03. The van der Waals surface area contributed by atoms with E-state index in [0.29, 0.717) is 22.4 Å². The molecule has 14 heavy (non-hydrogen) atoms. The van der Waals surface area contributed by atoms with Gasteiger partial charge in [-0.05, 0) is 13.0 Å². The van der Waals surface area contributed by atoms with E-state index in [-0.39, 0.29) is 5.56 Å². The van der Waals surface area contributed by atoms with Gasteiger partial charge in [-0.25, -0.2) is 4.79 Å². The van der Waals surface area contributed by atoms with Crippen LogP contribution in [-0.2, 0) is 0 Å². The molecule has 0 amide bonds. The Hall–Kier alpha value is -2.04. The predicted octanol–water partition coefficient (Wildman–Crippen LogP) is 1.42. The summed E-state index contributed by atoms with van der Waals surface area (Å²) in [5.74, 6) is -1.03. The molecule has 0 unspecified atom stereocenters. The van der Waals surface area contributed by atoms with Crippen molar-refractivity contribution in [2.24, 2.45) is 0 Å². The van der Waals surface area contributed by atoms with Crippen LogP contribution in [0.25, 0.3) is 11.0 Å². The summed E-state index contributed by atoms with van der Waals surface area (Å²) in [6.07, 6.45) is 0. The number of hydrogen-bond donors (Lipinski definition) is 2. The molecule has 5 heteroatoms. The zero-order chi connectivity index (χ0) is 10.3. The van der Waals surface area contributed by atoms with Crippen molar-refractivity contribution < 1.29 is 14.4 Å². The predicted molar refractivity (Wildman–Crippen MR) is 50.1 cm³/mol. The maximum atomic E-state index is 10.9. The number of benzene rings is 1. The highest BCUT2D eigenvalue weighted by molar-refractivity contribution is 6.04. The zero-order valence-corrected chi connectivity index (χ0v) is 7.44. The van der Waals surface area contributed by atoms with Crippen LogP contribution in [-0.4, -0.2) is 16.2 Å². The topological polar surface area (TPSA) is 89.4 Å². The van der Waals surface area contributed by atoms with E-state index in [4.69, 9.17) is 15.4 Å². The van der Waals surface area contributed by atoms with Gasteiger partial charge < -0.3 is 15.4 Å². The molecule has 1 heterocycles. The number of nitrogens with two attached hydrogens (primary N) is 1. The minimum Gasteiger partial charge on any atom is -0.478 e. The lowest BCUT2D eigenvalue weighted by Crippen LogP contribution is -1.99. The van der Waals surface area contributed by atoms with Gasteiger partial charge in [-0.2, -0.15) is 0 Å². The molecular formula is C9H8N2O3. The molecule has 5 nitrogen and oxygen atoms in total. The van der Waals surface area contributed by atoms with Gasteiger partial charge >= 0.3 is 5.97 Å². The molecule has 0 radical (unpaired) electrons. The first-order chi connectivity index (χ1) is 6.59. The number of aromatic carboxylic acids is 1.